The Morgan fingerprint density at radius 2 is 2.17 bits per heavy atom. The van der Waals surface area contributed by atoms with Crippen LogP contribution in [0.1, 0.15) is 33.9 Å². The van der Waals surface area contributed by atoms with Crippen molar-refractivity contribution in [3.8, 4) is 0 Å². The van der Waals surface area contributed by atoms with E-state index in [1.807, 2.05) is 0 Å². The Kier molecular flexibility index (Phi) is 3.77. The first-order valence-electron chi connectivity index (χ1n) is 6.86. The van der Waals surface area contributed by atoms with Gasteiger partial charge < -0.3 is 5.32 Å². The standard InChI is InChI=1S/C14H14F2N6O/c1-8-5-11(12(15)16)22-13(20-8)10(7-19-22)14(23)17-6-9-3-4-18-21(9)2/h3-5,7,12H,6H2,1-2H3,(H,17,23). The van der Waals surface area contributed by atoms with Crippen LogP contribution >= 0.6 is 0 Å². The topological polar surface area (TPSA) is 77.1 Å². The van der Waals surface area contributed by atoms with Gasteiger partial charge in [-0.2, -0.15) is 10.2 Å². The van der Waals surface area contributed by atoms with Crippen LogP contribution in [0.3, 0.4) is 0 Å². The van der Waals surface area contributed by atoms with Crippen LogP contribution in [0, 0.1) is 6.92 Å². The molecule has 0 saturated carbocycles. The molecule has 3 aromatic heterocycles. The first-order valence-corrected chi connectivity index (χ1v) is 6.86. The van der Waals surface area contributed by atoms with E-state index in [1.54, 1.807) is 30.9 Å². The fourth-order valence-corrected chi connectivity index (χ4v) is 2.27. The quantitative estimate of drug-likeness (QED) is 0.793. The van der Waals surface area contributed by atoms with Gasteiger partial charge in [-0.3, -0.25) is 9.48 Å². The van der Waals surface area contributed by atoms with E-state index in [2.05, 4.69) is 20.5 Å². The fourth-order valence-electron chi connectivity index (χ4n) is 2.27. The molecule has 0 bridgehead atoms. The maximum Gasteiger partial charge on any atom is 0.280 e. The number of nitrogens with one attached hydrogen (secondary N) is 1. The minimum absolute atomic E-state index is 0.114. The highest BCUT2D eigenvalue weighted by atomic mass is 19.3. The Morgan fingerprint density at radius 3 is 2.83 bits per heavy atom. The number of aryl methyl sites for hydroxylation is 2. The molecule has 0 aliphatic heterocycles. The molecule has 0 fully saturated rings. The van der Waals surface area contributed by atoms with E-state index in [-0.39, 0.29) is 23.4 Å². The summed E-state index contributed by atoms with van der Waals surface area (Å²) in [5.74, 6) is -0.431. The van der Waals surface area contributed by atoms with Crippen LogP contribution in [0.4, 0.5) is 8.78 Å². The van der Waals surface area contributed by atoms with Gasteiger partial charge in [-0.05, 0) is 19.1 Å². The summed E-state index contributed by atoms with van der Waals surface area (Å²) in [4.78, 5) is 16.4. The summed E-state index contributed by atoms with van der Waals surface area (Å²) < 4.78 is 28.8. The zero-order chi connectivity index (χ0) is 16.6. The van der Waals surface area contributed by atoms with E-state index < -0.39 is 12.3 Å². The Morgan fingerprint density at radius 1 is 1.39 bits per heavy atom. The summed E-state index contributed by atoms with van der Waals surface area (Å²) in [6.45, 7) is 1.86. The normalized spacial score (nSPS) is 11.3. The second-order valence-corrected chi connectivity index (χ2v) is 5.05. The first-order chi connectivity index (χ1) is 11.0. The third-order valence-electron chi connectivity index (χ3n) is 3.45. The average Bonchev–Trinajstić information content (AvgIpc) is 3.10. The molecule has 3 heterocycles. The van der Waals surface area contributed by atoms with Crippen LogP contribution in [-0.4, -0.2) is 30.3 Å². The van der Waals surface area contributed by atoms with Crippen LogP contribution in [-0.2, 0) is 13.6 Å². The molecule has 0 radical (unpaired) electrons. The maximum atomic E-state index is 13.1. The monoisotopic (exact) mass is 320 g/mol. The van der Waals surface area contributed by atoms with Crippen LogP contribution < -0.4 is 5.32 Å². The van der Waals surface area contributed by atoms with Gasteiger partial charge in [0.25, 0.3) is 12.3 Å². The van der Waals surface area contributed by atoms with E-state index in [1.165, 1.54) is 12.3 Å². The summed E-state index contributed by atoms with van der Waals surface area (Å²) in [5.41, 5.74) is 1.18. The molecule has 0 spiro atoms. The van der Waals surface area contributed by atoms with Crippen molar-refractivity contribution in [3.63, 3.8) is 0 Å². The van der Waals surface area contributed by atoms with Crippen molar-refractivity contribution >= 4 is 11.6 Å². The predicted octanol–water partition coefficient (Wildman–Crippen LogP) is 1.64. The number of rotatable bonds is 4. The number of nitrogens with zero attached hydrogens (tertiary/aromatic N) is 5. The summed E-state index contributed by atoms with van der Waals surface area (Å²) in [7, 11) is 1.76. The highest BCUT2D eigenvalue weighted by Gasteiger charge is 2.20. The Hall–Kier alpha value is -2.84. The molecular weight excluding hydrogens is 306 g/mol. The molecule has 3 rings (SSSR count). The highest BCUT2D eigenvalue weighted by molar-refractivity contribution is 5.99. The molecule has 0 aliphatic rings. The summed E-state index contributed by atoms with van der Waals surface area (Å²) in [6, 6.07) is 3.02. The Bertz CT molecular complexity index is 869. The number of hydrogen-bond donors (Lipinski definition) is 1. The largest absolute Gasteiger partial charge is 0.346 e. The van der Waals surface area contributed by atoms with E-state index in [0.29, 0.717) is 5.69 Å². The number of fused-ring (bicyclic) bond motifs is 1. The first kappa shape index (κ1) is 15.1. The smallest absolute Gasteiger partial charge is 0.280 e. The summed E-state index contributed by atoms with van der Waals surface area (Å²) in [6.07, 6.45) is 0.160. The fraction of sp³-hybridized carbons (Fsp3) is 0.286. The van der Waals surface area contributed by atoms with Gasteiger partial charge in [-0.1, -0.05) is 0 Å². The van der Waals surface area contributed by atoms with Gasteiger partial charge >= 0.3 is 0 Å². The van der Waals surface area contributed by atoms with Crippen molar-refractivity contribution in [2.45, 2.75) is 19.9 Å². The molecule has 0 aromatic carbocycles. The van der Waals surface area contributed by atoms with Gasteiger partial charge in [0.2, 0.25) is 0 Å². The van der Waals surface area contributed by atoms with E-state index in [9.17, 15) is 13.6 Å². The number of carbonyl (C=O) groups is 1. The number of hydrogen-bond acceptors (Lipinski definition) is 4. The number of amides is 1. The molecule has 0 saturated heterocycles. The Labute approximate surface area is 129 Å². The minimum atomic E-state index is -2.70. The van der Waals surface area contributed by atoms with Crippen molar-refractivity contribution < 1.29 is 13.6 Å². The lowest BCUT2D eigenvalue weighted by atomic mass is 10.3. The van der Waals surface area contributed by atoms with Crippen molar-refractivity contribution in [1.82, 2.24) is 29.7 Å². The highest BCUT2D eigenvalue weighted by Crippen LogP contribution is 2.21. The minimum Gasteiger partial charge on any atom is -0.346 e. The maximum absolute atomic E-state index is 13.1. The van der Waals surface area contributed by atoms with Gasteiger partial charge in [0, 0.05) is 18.9 Å². The lowest BCUT2D eigenvalue weighted by molar-refractivity contribution is 0.0951. The van der Waals surface area contributed by atoms with Crippen LogP contribution in [0.25, 0.3) is 5.65 Å². The van der Waals surface area contributed by atoms with Crippen molar-refractivity contribution in [2.24, 2.45) is 7.05 Å². The molecule has 0 unspecified atom stereocenters. The van der Waals surface area contributed by atoms with Crippen molar-refractivity contribution in [2.75, 3.05) is 0 Å². The lowest BCUT2D eigenvalue weighted by Gasteiger charge is -2.06. The molecule has 23 heavy (non-hydrogen) atoms. The predicted molar refractivity (Wildman–Crippen MR) is 77.1 cm³/mol. The average molecular weight is 320 g/mol. The SMILES string of the molecule is Cc1cc(C(F)F)n2ncc(C(=O)NCc3ccnn3C)c2n1. The lowest BCUT2D eigenvalue weighted by Crippen LogP contribution is -2.24. The second kappa shape index (κ2) is 5.75. The van der Waals surface area contributed by atoms with Gasteiger partial charge in [0.1, 0.15) is 11.3 Å². The van der Waals surface area contributed by atoms with E-state index in [0.717, 1.165) is 10.2 Å². The van der Waals surface area contributed by atoms with Crippen molar-refractivity contribution in [3.05, 3.63) is 47.2 Å². The van der Waals surface area contributed by atoms with E-state index >= 15 is 0 Å². The van der Waals surface area contributed by atoms with Gasteiger partial charge in [-0.25, -0.2) is 18.3 Å². The molecule has 7 nitrogen and oxygen atoms in total. The second-order valence-electron chi connectivity index (χ2n) is 5.05. The van der Waals surface area contributed by atoms with Gasteiger partial charge in [0.05, 0.1) is 18.4 Å². The van der Waals surface area contributed by atoms with Crippen LogP contribution in [0.15, 0.2) is 24.5 Å². The zero-order valence-corrected chi connectivity index (χ0v) is 12.5. The van der Waals surface area contributed by atoms with Gasteiger partial charge in [0.15, 0.2) is 5.65 Å². The summed E-state index contributed by atoms with van der Waals surface area (Å²) in [5, 5.41) is 10.6. The molecule has 3 aromatic rings. The van der Waals surface area contributed by atoms with E-state index in [4.69, 9.17) is 0 Å². The zero-order valence-electron chi connectivity index (χ0n) is 12.5. The number of carbonyl (C=O) groups excluding carboxylic acids is 1. The Balaban J connectivity index is 1.90. The molecule has 0 atom stereocenters. The number of alkyl halides is 2. The number of aromatic nitrogens is 5. The molecule has 9 heteroatoms. The number of halogens is 2. The molecule has 120 valence electrons. The third-order valence-corrected chi connectivity index (χ3v) is 3.45. The van der Waals surface area contributed by atoms with Crippen molar-refractivity contribution in [1.29, 1.82) is 0 Å². The molecular formula is C14H14F2N6O. The molecule has 1 amide bonds. The molecule has 1 N–H and O–H groups in total. The van der Waals surface area contributed by atoms with Gasteiger partial charge in [-0.15, -0.1) is 0 Å². The van der Waals surface area contributed by atoms with Crippen LogP contribution in [0.2, 0.25) is 0 Å². The molecule has 0 aliphatic carbocycles. The third kappa shape index (κ3) is 2.77. The van der Waals surface area contributed by atoms with Crippen LogP contribution in [0.5, 0.6) is 0 Å². The summed E-state index contributed by atoms with van der Waals surface area (Å²) >= 11 is 0.